The number of aromatic nitrogens is 2. The van der Waals surface area contributed by atoms with Gasteiger partial charge in [0.25, 0.3) is 0 Å². The van der Waals surface area contributed by atoms with Gasteiger partial charge < -0.3 is 15.2 Å². The van der Waals surface area contributed by atoms with Gasteiger partial charge in [-0.15, -0.1) is 0 Å². The van der Waals surface area contributed by atoms with Crippen LogP contribution in [0.1, 0.15) is 39.0 Å². The number of amides is 3. The number of fused-ring (bicyclic) bond motifs is 3. The highest BCUT2D eigenvalue weighted by Gasteiger charge is 2.30. The molecule has 0 saturated heterocycles. The number of para-hydroxylation sites is 2. The number of nitrogens with zero attached hydrogens (tertiary/aromatic N) is 3. The molecule has 1 aliphatic carbocycles. The van der Waals surface area contributed by atoms with Gasteiger partial charge in [0.1, 0.15) is 6.04 Å². The van der Waals surface area contributed by atoms with Gasteiger partial charge in [0.05, 0.1) is 11.0 Å². The van der Waals surface area contributed by atoms with E-state index in [1.807, 2.05) is 28.8 Å². The molecule has 1 aromatic heterocycles. The van der Waals surface area contributed by atoms with Gasteiger partial charge in [0, 0.05) is 19.1 Å². The van der Waals surface area contributed by atoms with Crippen molar-refractivity contribution in [3.8, 4) is 0 Å². The number of hydrogen-bond acceptors (Lipinski definition) is 3. The Morgan fingerprint density at radius 1 is 1.15 bits per heavy atom. The van der Waals surface area contributed by atoms with Gasteiger partial charge in [0.15, 0.2) is 0 Å². The van der Waals surface area contributed by atoms with Crippen LogP contribution in [0.3, 0.4) is 0 Å². The zero-order chi connectivity index (χ0) is 18.1. The maximum absolute atomic E-state index is 12.7. The van der Waals surface area contributed by atoms with E-state index in [0.29, 0.717) is 19.0 Å². The molecule has 1 atom stereocenters. The van der Waals surface area contributed by atoms with Gasteiger partial charge >= 0.3 is 6.03 Å². The summed E-state index contributed by atoms with van der Waals surface area (Å²) in [5.41, 5.74) is 1.91. The van der Waals surface area contributed by atoms with E-state index < -0.39 is 6.04 Å². The second kappa shape index (κ2) is 6.97. The van der Waals surface area contributed by atoms with E-state index in [1.54, 1.807) is 11.8 Å². The first-order valence-electron chi connectivity index (χ1n) is 9.47. The molecule has 4 rings (SSSR count). The van der Waals surface area contributed by atoms with Gasteiger partial charge in [-0.3, -0.25) is 9.69 Å². The minimum absolute atomic E-state index is 0.113. The van der Waals surface area contributed by atoms with Crippen molar-refractivity contribution in [3.63, 3.8) is 0 Å². The summed E-state index contributed by atoms with van der Waals surface area (Å²) in [7, 11) is 0. The standard InChI is InChI=1S/C19H25N5O2/c1-13(17(25)21-14-7-3-2-4-8-14)20-19(26)24-12-11-23-16-10-6-5-9-15(16)22-18(23)24/h5-6,9-10,13-14H,2-4,7-8,11-12H2,1H3,(H,20,26)(H,21,25)/t13-/m0/s1. The number of imidazole rings is 1. The van der Waals surface area contributed by atoms with Crippen molar-refractivity contribution in [2.75, 3.05) is 11.4 Å². The zero-order valence-electron chi connectivity index (χ0n) is 15.1. The molecule has 2 heterocycles. The molecule has 2 aromatic rings. The molecule has 2 N–H and O–H groups in total. The minimum Gasteiger partial charge on any atom is -0.352 e. The van der Waals surface area contributed by atoms with Gasteiger partial charge in [0.2, 0.25) is 11.9 Å². The maximum Gasteiger partial charge on any atom is 0.324 e. The van der Waals surface area contributed by atoms with Crippen LogP contribution in [-0.4, -0.2) is 40.1 Å². The fraction of sp³-hybridized carbons (Fsp3) is 0.526. The van der Waals surface area contributed by atoms with Crippen LogP contribution in [0.25, 0.3) is 11.0 Å². The van der Waals surface area contributed by atoms with Crippen molar-refractivity contribution >= 4 is 28.9 Å². The molecule has 1 fully saturated rings. The fourth-order valence-electron chi connectivity index (χ4n) is 3.88. The van der Waals surface area contributed by atoms with Crippen LogP contribution in [-0.2, 0) is 11.3 Å². The highest BCUT2D eigenvalue weighted by molar-refractivity contribution is 5.96. The Balaban J connectivity index is 1.40. The zero-order valence-corrected chi connectivity index (χ0v) is 15.1. The molecule has 0 unspecified atom stereocenters. The molecule has 2 aliphatic rings. The number of carbonyl (C=O) groups excluding carboxylic acids is 2. The molecular formula is C19H25N5O2. The van der Waals surface area contributed by atoms with Gasteiger partial charge in [-0.2, -0.15) is 0 Å². The number of rotatable bonds is 3. The lowest BCUT2D eigenvalue weighted by molar-refractivity contribution is -0.123. The van der Waals surface area contributed by atoms with Crippen LogP contribution in [0, 0.1) is 0 Å². The molecular weight excluding hydrogens is 330 g/mol. The summed E-state index contributed by atoms with van der Waals surface area (Å²) in [5.74, 6) is 0.529. The van der Waals surface area contributed by atoms with E-state index in [1.165, 1.54) is 6.42 Å². The van der Waals surface area contributed by atoms with Crippen LogP contribution >= 0.6 is 0 Å². The van der Waals surface area contributed by atoms with Gasteiger partial charge in [-0.1, -0.05) is 31.4 Å². The molecule has 1 aliphatic heterocycles. The van der Waals surface area contributed by atoms with Crippen molar-refractivity contribution < 1.29 is 9.59 Å². The second-order valence-electron chi connectivity index (χ2n) is 7.22. The molecule has 0 bridgehead atoms. The monoisotopic (exact) mass is 355 g/mol. The quantitative estimate of drug-likeness (QED) is 0.887. The second-order valence-corrected chi connectivity index (χ2v) is 7.22. The van der Waals surface area contributed by atoms with Crippen molar-refractivity contribution in [3.05, 3.63) is 24.3 Å². The molecule has 138 valence electrons. The number of benzene rings is 1. The van der Waals surface area contributed by atoms with E-state index in [0.717, 1.165) is 36.7 Å². The smallest absolute Gasteiger partial charge is 0.324 e. The highest BCUT2D eigenvalue weighted by atomic mass is 16.2. The van der Waals surface area contributed by atoms with Crippen molar-refractivity contribution in [2.45, 2.75) is 57.7 Å². The highest BCUT2D eigenvalue weighted by Crippen LogP contribution is 2.27. The average molecular weight is 355 g/mol. The Kier molecular flexibility index (Phi) is 4.53. The topological polar surface area (TPSA) is 79.3 Å². The summed E-state index contributed by atoms with van der Waals surface area (Å²) in [6.07, 6.45) is 5.63. The molecule has 0 radical (unpaired) electrons. The first-order valence-corrected chi connectivity index (χ1v) is 9.47. The first kappa shape index (κ1) is 16.9. The van der Waals surface area contributed by atoms with Crippen molar-refractivity contribution in [2.24, 2.45) is 0 Å². The SMILES string of the molecule is C[C@H](NC(=O)N1CCn2c1nc1ccccc12)C(=O)NC1CCCCC1. The molecule has 7 nitrogen and oxygen atoms in total. The third-order valence-electron chi connectivity index (χ3n) is 5.35. The summed E-state index contributed by atoms with van der Waals surface area (Å²) >= 11 is 0. The molecule has 26 heavy (non-hydrogen) atoms. The number of urea groups is 1. The van der Waals surface area contributed by atoms with Crippen LogP contribution in [0.4, 0.5) is 10.7 Å². The molecule has 1 saturated carbocycles. The van der Waals surface area contributed by atoms with Crippen LogP contribution in [0.2, 0.25) is 0 Å². The largest absolute Gasteiger partial charge is 0.352 e. The van der Waals surface area contributed by atoms with Crippen LogP contribution in [0.15, 0.2) is 24.3 Å². The molecule has 3 amide bonds. The molecule has 0 spiro atoms. The van der Waals surface area contributed by atoms with E-state index in [4.69, 9.17) is 0 Å². The third-order valence-corrected chi connectivity index (χ3v) is 5.35. The van der Waals surface area contributed by atoms with Gasteiger partial charge in [-0.25, -0.2) is 9.78 Å². The maximum atomic E-state index is 12.7. The first-order chi connectivity index (χ1) is 12.6. The Labute approximate surface area is 152 Å². The summed E-state index contributed by atoms with van der Waals surface area (Å²) < 4.78 is 2.04. The lowest BCUT2D eigenvalue weighted by Crippen LogP contribution is -2.51. The Morgan fingerprint density at radius 3 is 2.73 bits per heavy atom. The Hall–Kier alpha value is -2.57. The Bertz CT molecular complexity index is 824. The lowest BCUT2D eigenvalue weighted by Gasteiger charge is -2.25. The normalized spacial score (nSPS) is 18.6. The van der Waals surface area contributed by atoms with E-state index in [-0.39, 0.29) is 18.0 Å². The van der Waals surface area contributed by atoms with Crippen LogP contribution in [0.5, 0.6) is 0 Å². The van der Waals surface area contributed by atoms with Crippen molar-refractivity contribution in [1.29, 1.82) is 0 Å². The lowest BCUT2D eigenvalue weighted by atomic mass is 9.95. The van der Waals surface area contributed by atoms with E-state index in [2.05, 4.69) is 15.6 Å². The number of hydrogen-bond donors (Lipinski definition) is 2. The molecule has 1 aromatic carbocycles. The number of nitrogens with one attached hydrogen (secondary N) is 2. The summed E-state index contributed by atoms with van der Waals surface area (Å²) in [6, 6.07) is 7.26. The van der Waals surface area contributed by atoms with E-state index >= 15 is 0 Å². The van der Waals surface area contributed by atoms with E-state index in [9.17, 15) is 9.59 Å². The molecule has 7 heteroatoms. The van der Waals surface area contributed by atoms with Crippen LogP contribution < -0.4 is 15.5 Å². The summed E-state index contributed by atoms with van der Waals surface area (Å²) in [6.45, 7) is 3.01. The van der Waals surface area contributed by atoms with Crippen molar-refractivity contribution in [1.82, 2.24) is 20.2 Å². The fourth-order valence-corrected chi connectivity index (χ4v) is 3.88. The number of anilines is 1. The minimum atomic E-state index is -0.567. The predicted molar refractivity (Wildman–Crippen MR) is 100 cm³/mol. The predicted octanol–water partition coefficient (Wildman–Crippen LogP) is 2.40. The Morgan fingerprint density at radius 2 is 1.92 bits per heavy atom. The van der Waals surface area contributed by atoms with Gasteiger partial charge in [-0.05, 0) is 31.9 Å². The number of carbonyl (C=O) groups is 2. The summed E-state index contributed by atoms with van der Waals surface area (Å²) in [5, 5.41) is 5.88. The summed E-state index contributed by atoms with van der Waals surface area (Å²) in [4.78, 5) is 31.2. The third kappa shape index (κ3) is 3.13. The average Bonchev–Trinajstić information content (AvgIpc) is 3.21.